The molecule has 0 aliphatic carbocycles. The molecule has 3 nitrogen and oxygen atoms in total. The van der Waals surface area contributed by atoms with Gasteiger partial charge in [0.15, 0.2) is 0 Å². The minimum atomic E-state index is -0.465. The van der Waals surface area contributed by atoms with Gasteiger partial charge in [-0.25, -0.2) is 5.43 Å². The third-order valence-corrected chi connectivity index (χ3v) is 4.71. The fourth-order valence-electron chi connectivity index (χ4n) is 2.33. The molecular weight excluding hydrogens is 352 g/mol. The topological polar surface area (TPSA) is 41.1 Å². The lowest BCUT2D eigenvalue weighted by atomic mass is 9.81. The van der Waals surface area contributed by atoms with Crippen LogP contribution in [0.4, 0.5) is 0 Å². The van der Waals surface area contributed by atoms with E-state index in [0.29, 0.717) is 5.56 Å². The number of hydrogen-bond donors (Lipinski definition) is 2. The number of benzene rings is 2. The molecule has 23 heavy (non-hydrogen) atoms. The van der Waals surface area contributed by atoms with Gasteiger partial charge in [0.05, 0.1) is 5.54 Å². The molecule has 2 aromatic rings. The van der Waals surface area contributed by atoms with E-state index in [9.17, 15) is 4.79 Å². The van der Waals surface area contributed by atoms with Crippen LogP contribution in [0.1, 0.15) is 29.8 Å². The highest BCUT2D eigenvalue weighted by atomic mass is 79.9. The Morgan fingerprint density at radius 1 is 1.17 bits per heavy atom. The van der Waals surface area contributed by atoms with Crippen molar-refractivity contribution >= 4 is 21.8 Å². The van der Waals surface area contributed by atoms with Gasteiger partial charge in [-0.3, -0.25) is 10.2 Å². The van der Waals surface area contributed by atoms with E-state index < -0.39 is 5.54 Å². The Bertz CT molecular complexity index is 670. The van der Waals surface area contributed by atoms with E-state index in [1.54, 1.807) is 12.1 Å². The molecule has 0 aliphatic heterocycles. The molecule has 4 heteroatoms. The van der Waals surface area contributed by atoms with E-state index >= 15 is 0 Å². The molecule has 0 heterocycles. The van der Waals surface area contributed by atoms with Crippen molar-refractivity contribution in [2.75, 3.05) is 0 Å². The van der Waals surface area contributed by atoms with Crippen LogP contribution in [0.25, 0.3) is 0 Å². The minimum Gasteiger partial charge on any atom is -0.287 e. The van der Waals surface area contributed by atoms with Gasteiger partial charge < -0.3 is 0 Å². The number of halogens is 1. The van der Waals surface area contributed by atoms with Gasteiger partial charge in [0, 0.05) is 10.0 Å². The number of rotatable bonds is 6. The van der Waals surface area contributed by atoms with Crippen molar-refractivity contribution in [3.05, 3.63) is 82.9 Å². The molecule has 0 aromatic heterocycles. The Balaban J connectivity index is 2.20. The Hall–Kier alpha value is -1.91. The lowest BCUT2D eigenvalue weighted by Gasteiger charge is -2.36. The standard InChI is InChI=1S/C19H21BrN2O/c1-4-14(2)19(3,16-10-12-17(20)13-11-16)22-21-18(23)15-8-6-5-7-9-15/h4-14,22H,1H2,2-3H3,(H,21,23)/t14-,19-/m1/s1. The molecule has 0 bridgehead atoms. The van der Waals surface area contributed by atoms with Gasteiger partial charge in [0.1, 0.15) is 0 Å². The molecule has 1 amide bonds. The zero-order valence-electron chi connectivity index (χ0n) is 13.3. The summed E-state index contributed by atoms with van der Waals surface area (Å²) in [5, 5.41) is 0. The second-order valence-electron chi connectivity index (χ2n) is 5.68. The fourth-order valence-corrected chi connectivity index (χ4v) is 2.59. The first-order valence-electron chi connectivity index (χ1n) is 7.48. The predicted octanol–water partition coefficient (Wildman–Crippen LogP) is 4.42. The predicted molar refractivity (Wildman–Crippen MR) is 97.9 cm³/mol. The van der Waals surface area contributed by atoms with Crippen molar-refractivity contribution in [2.24, 2.45) is 5.92 Å². The lowest BCUT2D eigenvalue weighted by molar-refractivity contribution is 0.0894. The molecule has 2 rings (SSSR count). The highest BCUT2D eigenvalue weighted by Crippen LogP contribution is 2.30. The van der Waals surface area contributed by atoms with Gasteiger partial charge in [0.2, 0.25) is 0 Å². The summed E-state index contributed by atoms with van der Waals surface area (Å²) in [6, 6.07) is 17.2. The van der Waals surface area contributed by atoms with Crippen LogP contribution in [0.3, 0.4) is 0 Å². The largest absolute Gasteiger partial charge is 0.287 e. The first-order valence-corrected chi connectivity index (χ1v) is 8.28. The molecule has 0 saturated carbocycles. The zero-order valence-corrected chi connectivity index (χ0v) is 14.9. The molecule has 2 aromatic carbocycles. The van der Waals surface area contributed by atoms with Crippen LogP contribution < -0.4 is 10.9 Å². The SMILES string of the molecule is C=C[C@@H](C)[C@@](C)(NNC(=O)c1ccccc1)c1ccc(Br)cc1. The van der Waals surface area contributed by atoms with E-state index in [2.05, 4.69) is 40.3 Å². The molecule has 0 aliphatic rings. The van der Waals surface area contributed by atoms with E-state index in [4.69, 9.17) is 0 Å². The number of amides is 1. The van der Waals surface area contributed by atoms with Crippen molar-refractivity contribution in [1.82, 2.24) is 10.9 Å². The summed E-state index contributed by atoms with van der Waals surface area (Å²) in [6.45, 7) is 8.01. The highest BCUT2D eigenvalue weighted by molar-refractivity contribution is 9.10. The molecule has 0 saturated heterocycles. The number of hydrazine groups is 1. The molecule has 120 valence electrons. The third-order valence-electron chi connectivity index (χ3n) is 4.18. The van der Waals surface area contributed by atoms with Crippen molar-refractivity contribution < 1.29 is 4.79 Å². The van der Waals surface area contributed by atoms with Crippen molar-refractivity contribution in [3.8, 4) is 0 Å². The Morgan fingerprint density at radius 3 is 2.35 bits per heavy atom. The summed E-state index contributed by atoms with van der Waals surface area (Å²) in [7, 11) is 0. The van der Waals surface area contributed by atoms with E-state index in [0.717, 1.165) is 10.0 Å². The first-order chi connectivity index (χ1) is 11.0. The van der Waals surface area contributed by atoms with Crippen LogP contribution in [0.2, 0.25) is 0 Å². The van der Waals surface area contributed by atoms with Crippen molar-refractivity contribution in [3.63, 3.8) is 0 Å². The van der Waals surface area contributed by atoms with Gasteiger partial charge >= 0.3 is 0 Å². The Kier molecular flexibility index (Phi) is 5.74. The highest BCUT2D eigenvalue weighted by Gasteiger charge is 2.31. The maximum Gasteiger partial charge on any atom is 0.265 e. The Labute approximate surface area is 145 Å². The van der Waals surface area contributed by atoms with Crippen molar-refractivity contribution in [2.45, 2.75) is 19.4 Å². The van der Waals surface area contributed by atoms with Gasteiger partial charge in [-0.05, 0) is 42.7 Å². The third kappa shape index (κ3) is 4.09. The van der Waals surface area contributed by atoms with E-state index in [-0.39, 0.29) is 11.8 Å². The van der Waals surface area contributed by atoms with Gasteiger partial charge in [-0.2, -0.15) is 0 Å². The second-order valence-corrected chi connectivity index (χ2v) is 6.59. The van der Waals surface area contributed by atoms with Crippen LogP contribution in [-0.4, -0.2) is 5.91 Å². The molecule has 0 radical (unpaired) electrons. The number of carbonyl (C=O) groups is 1. The summed E-state index contributed by atoms with van der Waals surface area (Å²) < 4.78 is 1.02. The quantitative estimate of drug-likeness (QED) is 0.581. The minimum absolute atomic E-state index is 0.111. The molecule has 0 spiro atoms. The van der Waals surface area contributed by atoms with E-state index in [1.165, 1.54) is 0 Å². The van der Waals surface area contributed by atoms with E-state index in [1.807, 2.05) is 55.5 Å². The van der Waals surface area contributed by atoms with Gasteiger partial charge in [0.25, 0.3) is 5.91 Å². The van der Waals surface area contributed by atoms with Crippen LogP contribution in [0, 0.1) is 5.92 Å². The normalized spacial score (nSPS) is 14.6. The average Bonchev–Trinajstić information content (AvgIpc) is 2.60. The van der Waals surface area contributed by atoms with Crippen molar-refractivity contribution in [1.29, 1.82) is 0 Å². The maximum absolute atomic E-state index is 12.3. The van der Waals surface area contributed by atoms with Gasteiger partial charge in [-0.15, -0.1) is 6.58 Å². The second kappa shape index (κ2) is 7.57. The summed E-state index contributed by atoms with van der Waals surface area (Å²) >= 11 is 3.45. The zero-order chi connectivity index (χ0) is 16.9. The summed E-state index contributed by atoms with van der Waals surface area (Å²) in [5.74, 6) is -0.0510. The fraction of sp³-hybridized carbons (Fsp3) is 0.211. The van der Waals surface area contributed by atoms with Gasteiger partial charge in [-0.1, -0.05) is 59.3 Å². The average molecular weight is 373 g/mol. The Morgan fingerprint density at radius 2 is 1.78 bits per heavy atom. The first kappa shape index (κ1) is 17.4. The molecule has 0 fully saturated rings. The number of carbonyl (C=O) groups excluding carboxylic acids is 1. The maximum atomic E-state index is 12.3. The molecule has 0 unspecified atom stereocenters. The monoisotopic (exact) mass is 372 g/mol. The van der Waals surface area contributed by atoms with Crippen LogP contribution in [-0.2, 0) is 5.54 Å². The van der Waals surface area contributed by atoms with Crippen LogP contribution in [0.5, 0.6) is 0 Å². The number of nitrogens with one attached hydrogen (secondary N) is 2. The summed E-state index contributed by atoms with van der Waals surface area (Å²) in [4.78, 5) is 12.3. The molecular formula is C19H21BrN2O. The van der Waals surface area contributed by atoms with Crippen LogP contribution >= 0.6 is 15.9 Å². The smallest absolute Gasteiger partial charge is 0.265 e. The summed E-state index contributed by atoms with van der Waals surface area (Å²) in [6.07, 6.45) is 1.88. The van der Waals surface area contributed by atoms with Crippen LogP contribution in [0.15, 0.2) is 71.7 Å². The summed E-state index contributed by atoms with van der Waals surface area (Å²) in [5.41, 5.74) is 7.23. The molecule has 2 N–H and O–H groups in total. The lowest BCUT2D eigenvalue weighted by Crippen LogP contribution is -2.53. The number of hydrogen-bond acceptors (Lipinski definition) is 2. The molecule has 2 atom stereocenters.